The Kier molecular flexibility index (Phi) is 3.24. The summed E-state index contributed by atoms with van der Waals surface area (Å²) < 4.78 is 16.9. The molecular weight excluding hydrogens is 236 g/mol. The molecule has 1 spiro atoms. The van der Waals surface area contributed by atoms with Crippen LogP contribution in [-0.4, -0.2) is 30.6 Å². The Morgan fingerprint density at radius 1 is 1.23 bits per heavy atom. The van der Waals surface area contributed by atoms with Crippen LogP contribution in [0.5, 0.6) is 0 Å². The molecule has 0 N–H and O–H groups in total. The Morgan fingerprint density at radius 2 is 2.08 bits per heavy atom. The van der Waals surface area contributed by atoms with Gasteiger partial charge in [0.25, 0.3) is 5.97 Å². The monoisotopic (exact) mass is 250 g/mol. The Morgan fingerprint density at radius 3 is 2.77 bits per heavy atom. The largest absolute Gasteiger partial charge is 0.327 e. The lowest BCUT2D eigenvalue weighted by molar-refractivity contribution is -0.423. The fourth-order valence-electron chi connectivity index (χ4n) is 1.75. The number of hydrogen-bond acceptors (Lipinski definition) is 3. The Bertz CT molecular complexity index is 163. The molecule has 0 amide bonds. The fourth-order valence-corrected chi connectivity index (χ4v) is 2.21. The summed E-state index contributed by atoms with van der Waals surface area (Å²) >= 11 is 3.42. The van der Waals surface area contributed by atoms with E-state index < -0.39 is 5.97 Å². The zero-order valence-electron chi connectivity index (χ0n) is 7.63. The lowest BCUT2D eigenvalue weighted by Crippen LogP contribution is -2.49. The topological polar surface area (TPSA) is 27.7 Å². The second-order valence-corrected chi connectivity index (χ2v) is 4.17. The molecular formula is C9H15BrO3. The second kappa shape index (κ2) is 4.26. The van der Waals surface area contributed by atoms with Gasteiger partial charge in [-0.2, -0.15) is 0 Å². The summed E-state index contributed by atoms with van der Waals surface area (Å²) in [5.41, 5.74) is 0. The van der Waals surface area contributed by atoms with Crippen molar-refractivity contribution in [3.05, 3.63) is 0 Å². The van der Waals surface area contributed by atoms with Gasteiger partial charge in [0.05, 0.1) is 19.3 Å². The molecule has 0 aromatic heterocycles. The van der Waals surface area contributed by atoms with Gasteiger partial charge in [-0.25, -0.2) is 0 Å². The molecule has 0 aromatic rings. The van der Waals surface area contributed by atoms with Gasteiger partial charge in [-0.15, -0.1) is 0 Å². The first kappa shape index (κ1) is 9.90. The van der Waals surface area contributed by atoms with E-state index in [4.69, 9.17) is 14.2 Å². The molecule has 2 saturated heterocycles. The third-order valence-corrected chi connectivity index (χ3v) is 3.20. The van der Waals surface area contributed by atoms with Crippen LogP contribution < -0.4 is 0 Å². The molecule has 13 heavy (non-hydrogen) atoms. The first-order valence-corrected chi connectivity index (χ1v) is 5.98. The summed E-state index contributed by atoms with van der Waals surface area (Å²) in [5, 5.41) is 0.863. The zero-order valence-corrected chi connectivity index (χ0v) is 9.22. The quantitative estimate of drug-likeness (QED) is 0.667. The van der Waals surface area contributed by atoms with E-state index >= 15 is 0 Å². The Labute approximate surface area is 86.9 Å². The van der Waals surface area contributed by atoms with Crippen molar-refractivity contribution in [3.8, 4) is 0 Å². The molecule has 76 valence electrons. The van der Waals surface area contributed by atoms with Gasteiger partial charge in [0, 0.05) is 11.8 Å². The maximum atomic E-state index is 5.77. The number of alkyl halides is 1. The van der Waals surface area contributed by atoms with Crippen molar-refractivity contribution in [3.63, 3.8) is 0 Å². The standard InChI is InChI=1S/C9H15BrO3/c10-7-8-3-6-12-9(13-8)4-1-2-5-11-9/h8H,1-7H2. The van der Waals surface area contributed by atoms with Crippen molar-refractivity contribution in [2.75, 3.05) is 18.5 Å². The van der Waals surface area contributed by atoms with E-state index in [-0.39, 0.29) is 6.10 Å². The van der Waals surface area contributed by atoms with Crippen LogP contribution >= 0.6 is 15.9 Å². The third-order valence-electron chi connectivity index (χ3n) is 2.48. The maximum Gasteiger partial charge on any atom is 0.283 e. The van der Waals surface area contributed by atoms with E-state index in [9.17, 15) is 0 Å². The fraction of sp³-hybridized carbons (Fsp3) is 1.00. The second-order valence-electron chi connectivity index (χ2n) is 3.52. The van der Waals surface area contributed by atoms with E-state index in [0.717, 1.165) is 44.2 Å². The molecule has 2 atom stereocenters. The van der Waals surface area contributed by atoms with Crippen LogP contribution in [0.25, 0.3) is 0 Å². The van der Waals surface area contributed by atoms with Gasteiger partial charge in [0.2, 0.25) is 0 Å². The van der Waals surface area contributed by atoms with Crippen molar-refractivity contribution in [2.45, 2.75) is 37.8 Å². The SMILES string of the molecule is BrCC1CCOC2(CCCCO2)O1. The molecule has 0 aromatic carbocycles. The van der Waals surface area contributed by atoms with Crippen LogP contribution in [0.1, 0.15) is 25.7 Å². The summed E-state index contributed by atoms with van der Waals surface area (Å²) in [6.45, 7) is 1.51. The summed E-state index contributed by atoms with van der Waals surface area (Å²) in [4.78, 5) is 0. The summed E-state index contributed by atoms with van der Waals surface area (Å²) in [5.74, 6) is -0.699. The summed E-state index contributed by atoms with van der Waals surface area (Å²) in [7, 11) is 0. The normalized spacial score (nSPS) is 40.8. The highest BCUT2D eigenvalue weighted by molar-refractivity contribution is 9.09. The number of hydrogen-bond donors (Lipinski definition) is 0. The van der Waals surface area contributed by atoms with Crippen molar-refractivity contribution in [2.24, 2.45) is 0 Å². The summed E-state index contributed by atoms with van der Waals surface area (Å²) in [6, 6.07) is 0. The van der Waals surface area contributed by atoms with Gasteiger partial charge >= 0.3 is 0 Å². The molecule has 2 aliphatic rings. The van der Waals surface area contributed by atoms with Crippen LogP contribution in [-0.2, 0) is 14.2 Å². The average Bonchev–Trinajstić information content (AvgIpc) is 2.19. The van der Waals surface area contributed by atoms with Crippen LogP contribution in [0.4, 0.5) is 0 Å². The van der Waals surface area contributed by atoms with Gasteiger partial charge in [0.15, 0.2) is 0 Å². The van der Waals surface area contributed by atoms with Crippen molar-refractivity contribution in [1.29, 1.82) is 0 Å². The van der Waals surface area contributed by atoms with Gasteiger partial charge in [-0.05, 0) is 19.3 Å². The van der Waals surface area contributed by atoms with Crippen LogP contribution in [0.2, 0.25) is 0 Å². The molecule has 2 heterocycles. The molecule has 4 heteroatoms. The van der Waals surface area contributed by atoms with Crippen LogP contribution in [0, 0.1) is 0 Å². The van der Waals surface area contributed by atoms with Crippen LogP contribution in [0.3, 0.4) is 0 Å². The van der Waals surface area contributed by atoms with Gasteiger partial charge < -0.3 is 14.2 Å². The Balaban J connectivity index is 1.95. The maximum absolute atomic E-state index is 5.77. The van der Waals surface area contributed by atoms with E-state index in [2.05, 4.69) is 15.9 Å². The van der Waals surface area contributed by atoms with Gasteiger partial charge in [0.1, 0.15) is 0 Å². The zero-order chi connectivity index (χ0) is 9.15. The van der Waals surface area contributed by atoms with Crippen LogP contribution in [0.15, 0.2) is 0 Å². The highest BCUT2D eigenvalue weighted by atomic mass is 79.9. The first-order chi connectivity index (χ1) is 6.35. The smallest absolute Gasteiger partial charge is 0.283 e. The summed E-state index contributed by atoms with van der Waals surface area (Å²) in [6.07, 6.45) is 4.32. The van der Waals surface area contributed by atoms with Gasteiger partial charge in [-0.3, -0.25) is 0 Å². The molecule has 2 rings (SSSR count). The van der Waals surface area contributed by atoms with E-state index in [1.54, 1.807) is 0 Å². The van der Waals surface area contributed by atoms with Crippen molar-refractivity contribution < 1.29 is 14.2 Å². The molecule has 0 radical (unpaired) electrons. The predicted octanol–water partition coefficient (Wildman–Crippen LogP) is 2.04. The minimum absolute atomic E-state index is 0.242. The number of halogens is 1. The number of rotatable bonds is 1. The van der Waals surface area contributed by atoms with Gasteiger partial charge in [-0.1, -0.05) is 15.9 Å². The molecule has 0 saturated carbocycles. The molecule has 2 unspecified atom stereocenters. The Hall–Kier alpha value is 0.360. The first-order valence-electron chi connectivity index (χ1n) is 4.86. The minimum atomic E-state index is -0.699. The molecule has 2 aliphatic heterocycles. The molecule has 3 nitrogen and oxygen atoms in total. The lowest BCUT2D eigenvalue weighted by Gasteiger charge is -2.42. The molecule has 0 bridgehead atoms. The highest BCUT2D eigenvalue weighted by Crippen LogP contribution is 2.33. The highest BCUT2D eigenvalue weighted by Gasteiger charge is 2.40. The van der Waals surface area contributed by atoms with Crippen molar-refractivity contribution >= 4 is 15.9 Å². The van der Waals surface area contributed by atoms with E-state index in [1.807, 2.05) is 0 Å². The minimum Gasteiger partial charge on any atom is -0.327 e. The van der Waals surface area contributed by atoms with Crippen molar-refractivity contribution in [1.82, 2.24) is 0 Å². The molecule has 2 fully saturated rings. The lowest BCUT2D eigenvalue weighted by atomic mass is 10.1. The number of ether oxygens (including phenoxy) is 3. The van der Waals surface area contributed by atoms with E-state index in [1.165, 1.54) is 0 Å². The predicted molar refractivity (Wildman–Crippen MR) is 51.8 cm³/mol. The molecule has 0 aliphatic carbocycles. The third kappa shape index (κ3) is 2.24. The van der Waals surface area contributed by atoms with E-state index in [0.29, 0.717) is 0 Å². The average molecular weight is 251 g/mol.